The van der Waals surface area contributed by atoms with Gasteiger partial charge in [-0.05, 0) is 40.0 Å². The van der Waals surface area contributed by atoms with Gasteiger partial charge in [-0.15, -0.1) is 24.0 Å². The van der Waals surface area contributed by atoms with Gasteiger partial charge in [0.05, 0.1) is 6.54 Å². The van der Waals surface area contributed by atoms with Crippen molar-refractivity contribution in [3.8, 4) is 0 Å². The number of guanidine groups is 1. The van der Waals surface area contributed by atoms with Crippen molar-refractivity contribution >= 4 is 46.6 Å². The number of nitrogens with one attached hydrogen (secondary N) is 1. The van der Waals surface area contributed by atoms with E-state index in [1.165, 1.54) is 6.42 Å². The van der Waals surface area contributed by atoms with E-state index in [1.807, 2.05) is 25.7 Å². The van der Waals surface area contributed by atoms with Crippen LogP contribution in [0, 0.1) is 0 Å². The minimum Gasteiger partial charge on any atom is -0.355 e. The van der Waals surface area contributed by atoms with E-state index in [0.717, 1.165) is 58.1 Å². The monoisotopic (exact) mass is 527 g/mol. The van der Waals surface area contributed by atoms with Gasteiger partial charge < -0.3 is 15.1 Å². The van der Waals surface area contributed by atoms with Crippen molar-refractivity contribution in [2.24, 2.45) is 4.99 Å². The van der Waals surface area contributed by atoms with E-state index in [9.17, 15) is 9.00 Å². The van der Waals surface area contributed by atoms with Crippen LogP contribution in [0.2, 0.25) is 0 Å². The number of halogens is 1. The number of likely N-dealkylation sites (tertiary alicyclic amines) is 1. The smallest absolute Gasteiger partial charge is 0.236 e. The molecule has 2 aliphatic rings. The van der Waals surface area contributed by atoms with Crippen LogP contribution in [0.1, 0.15) is 40.0 Å². The summed E-state index contributed by atoms with van der Waals surface area (Å²) in [6.07, 6.45) is 3.53. The molecule has 0 aromatic heterocycles. The normalized spacial score (nSPS) is 20.5. The molecule has 0 bridgehead atoms. The predicted molar refractivity (Wildman–Crippen MR) is 128 cm³/mol. The Hall–Kier alpha value is -0.420. The third kappa shape index (κ3) is 8.14. The van der Waals surface area contributed by atoms with Crippen LogP contribution in [-0.2, 0) is 15.6 Å². The fourth-order valence-electron chi connectivity index (χ4n) is 3.45. The minimum atomic E-state index is -0.862. The zero-order valence-corrected chi connectivity index (χ0v) is 21.1. The van der Waals surface area contributed by atoms with Crippen LogP contribution in [0.5, 0.6) is 0 Å². The molecule has 1 N–H and O–H groups in total. The number of rotatable bonds is 5. The van der Waals surface area contributed by atoms with E-state index in [-0.39, 0.29) is 34.6 Å². The van der Waals surface area contributed by atoms with Crippen molar-refractivity contribution < 1.29 is 9.00 Å². The molecule has 0 saturated carbocycles. The number of amides is 1. The van der Waals surface area contributed by atoms with E-state index in [4.69, 9.17) is 0 Å². The highest BCUT2D eigenvalue weighted by atomic mass is 127. The maximum Gasteiger partial charge on any atom is 0.236 e. The molecule has 1 unspecified atom stereocenters. The molecule has 0 radical (unpaired) electrons. The van der Waals surface area contributed by atoms with Crippen LogP contribution in [0.15, 0.2) is 4.99 Å². The van der Waals surface area contributed by atoms with Gasteiger partial charge in [0.1, 0.15) is 0 Å². The molecule has 1 amide bonds. The second-order valence-corrected chi connectivity index (χ2v) is 10.7. The molecule has 0 spiro atoms. The van der Waals surface area contributed by atoms with Gasteiger partial charge in [0.25, 0.3) is 0 Å². The Bertz CT molecular complexity index is 539. The summed E-state index contributed by atoms with van der Waals surface area (Å²) in [5, 5.41) is 3.34. The first kappa shape index (κ1) is 25.6. The Kier molecular flexibility index (Phi) is 11.3. The van der Waals surface area contributed by atoms with Gasteiger partial charge in [-0.25, -0.2) is 0 Å². The number of nitrogens with zero attached hydrogens (tertiary/aromatic N) is 4. The first-order chi connectivity index (χ1) is 12.8. The first-order valence-electron chi connectivity index (χ1n) is 10.2. The van der Waals surface area contributed by atoms with E-state index < -0.39 is 10.8 Å². The summed E-state index contributed by atoms with van der Waals surface area (Å²) in [6.45, 7) is 12.5. The molecule has 164 valence electrons. The molecule has 0 aromatic rings. The third-order valence-electron chi connectivity index (χ3n) is 5.20. The summed E-state index contributed by atoms with van der Waals surface area (Å²) in [7, 11) is 0.925. The lowest BCUT2D eigenvalue weighted by Gasteiger charge is -2.37. The van der Waals surface area contributed by atoms with Crippen molar-refractivity contribution in [3.63, 3.8) is 0 Å². The van der Waals surface area contributed by atoms with Gasteiger partial charge in [0.15, 0.2) is 5.96 Å². The van der Waals surface area contributed by atoms with Gasteiger partial charge in [0.2, 0.25) is 5.91 Å². The van der Waals surface area contributed by atoms with Crippen molar-refractivity contribution in [2.75, 3.05) is 65.2 Å². The fraction of sp³-hybridized carbons (Fsp3) is 0.895. The van der Waals surface area contributed by atoms with Gasteiger partial charge in [-0.3, -0.25) is 18.9 Å². The SMILES string of the molecule is CN=C(NCCS(=O)C(C)(C)C)N1CCN(CC(=O)N2CCCCC2)CC1.I. The Morgan fingerprint density at radius 1 is 1.00 bits per heavy atom. The van der Waals surface area contributed by atoms with Gasteiger partial charge >= 0.3 is 0 Å². The highest BCUT2D eigenvalue weighted by molar-refractivity contribution is 14.0. The largest absolute Gasteiger partial charge is 0.355 e. The lowest BCUT2D eigenvalue weighted by Crippen LogP contribution is -2.54. The highest BCUT2D eigenvalue weighted by Gasteiger charge is 2.24. The van der Waals surface area contributed by atoms with Gasteiger partial charge in [-0.2, -0.15) is 0 Å². The molecule has 28 heavy (non-hydrogen) atoms. The Morgan fingerprint density at radius 2 is 1.61 bits per heavy atom. The zero-order chi connectivity index (χ0) is 19.9. The second kappa shape index (κ2) is 12.3. The summed E-state index contributed by atoms with van der Waals surface area (Å²) in [4.78, 5) is 23.3. The summed E-state index contributed by atoms with van der Waals surface area (Å²) in [6, 6.07) is 0. The topological polar surface area (TPSA) is 68.2 Å². The van der Waals surface area contributed by atoms with Crippen LogP contribution in [-0.4, -0.2) is 101 Å². The summed E-state index contributed by atoms with van der Waals surface area (Å²) in [5.74, 6) is 1.76. The van der Waals surface area contributed by atoms with Crippen molar-refractivity contribution in [3.05, 3.63) is 0 Å². The summed E-state index contributed by atoms with van der Waals surface area (Å²) in [5.41, 5.74) is 0. The molecular formula is C19H38IN5O2S. The number of piperazine rings is 1. The zero-order valence-electron chi connectivity index (χ0n) is 17.9. The van der Waals surface area contributed by atoms with Crippen LogP contribution in [0.4, 0.5) is 0 Å². The Morgan fingerprint density at radius 3 is 2.14 bits per heavy atom. The van der Waals surface area contributed by atoms with Crippen LogP contribution in [0.3, 0.4) is 0 Å². The maximum absolute atomic E-state index is 12.4. The lowest BCUT2D eigenvalue weighted by molar-refractivity contribution is -0.133. The van der Waals surface area contributed by atoms with Gasteiger partial charge in [0, 0.05) is 74.2 Å². The number of aliphatic imine (C=N–C) groups is 1. The van der Waals surface area contributed by atoms with Crippen molar-refractivity contribution in [2.45, 2.75) is 44.8 Å². The first-order valence-corrected chi connectivity index (χ1v) is 11.5. The maximum atomic E-state index is 12.4. The van der Waals surface area contributed by atoms with Crippen LogP contribution >= 0.6 is 24.0 Å². The van der Waals surface area contributed by atoms with Crippen LogP contribution in [0.25, 0.3) is 0 Å². The number of piperidine rings is 1. The van der Waals surface area contributed by atoms with Gasteiger partial charge in [-0.1, -0.05) is 0 Å². The average Bonchev–Trinajstić information content (AvgIpc) is 2.66. The molecule has 0 aliphatic carbocycles. The fourth-order valence-corrected chi connectivity index (χ4v) is 4.35. The number of carbonyl (C=O) groups excluding carboxylic acids is 1. The van der Waals surface area contributed by atoms with E-state index in [2.05, 4.69) is 20.1 Å². The quantitative estimate of drug-likeness (QED) is 0.332. The number of carbonyl (C=O) groups is 1. The van der Waals surface area contributed by atoms with Crippen LogP contribution < -0.4 is 5.32 Å². The Balaban J connectivity index is 0.00000392. The predicted octanol–water partition coefficient (Wildman–Crippen LogP) is 1.36. The standard InChI is InChI=1S/C19H37N5O2S.HI/c1-19(2,3)27(26)15-8-21-18(20-4)24-13-11-22(12-14-24)16-17(25)23-9-6-5-7-10-23;/h5-16H2,1-4H3,(H,20,21);1H. The minimum absolute atomic E-state index is 0. The van der Waals surface area contributed by atoms with E-state index in [0.29, 0.717) is 18.8 Å². The molecule has 7 nitrogen and oxygen atoms in total. The summed E-state index contributed by atoms with van der Waals surface area (Å²) < 4.78 is 12.0. The highest BCUT2D eigenvalue weighted by Crippen LogP contribution is 2.11. The lowest BCUT2D eigenvalue weighted by atomic mass is 10.1. The molecule has 2 heterocycles. The molecule has 2 fully saturated rings. The number of hydrogen-bond acceptors (Lipinski definition) is 4. The molecule has 0 aromatic carbocycles. The average molecular weight is 528 g/mol. The summed E-state index contributed by atoms with van der Waals surface area (Å²) >= 11 is 0. The third-order valence-corrected chi connectivity index (χ3v) is 7.15. The van der Waals surface area contributed by atoms with Crippen molar-refractivity contribution in [1.29, 1.82) is 0 Å². The van der Waals surface area contributed by atoms with E-state index in [1.54, 1.807) is 7.05 Å². The molecule has 9 heteroatoms. The second-order valence-electron chi connectivity index (χ2n) is 8.34. The van der Waals surface area contributed by atoms with E-state index >= 15 is 0 Å². The Labute approximate surface area is 190 Å². The van der Waals surface area contributed by atoms with Crippen molar-refractivity contribution in [1.82, 2.24) is 20.0 Å². The molecule has 2 aliphatic heterocycles. The number of hydrogen-bond donors (Lipinski definition) is 1. The molecule has 2 rings (SSSR count). The molecule has 2 saturated heterocycles. The molecular weight excluding hydrogens is 489 g/mol. The molecule has 1 atom stereocenters.